The van der Waals surface area contributed by atoms with Crippen LogP contribution in [0.5, 0.6) is 11.5 Å². The summed E-state index contributed by atoms with van der Waals surface area (Å²) < 4.78 is 11.3. The summed E-state index contributed by atoms with van der Waals surface area (Å²) in [6.07, 6.45) is 1.46. The lowest BCUT2D eigenvalue weighted by Crippen LogP contribution is -2.14. The maximum absolute atomic E-state index is 12.6. The Balaban J connectivity index is 1.79. The number of rotatable bonds is 7. The Morgan fingerprint density at radius 2 is 1.88 bits per heavy atom. The minimum absolute atomic E-state index is 0.0759. The topological polar surface area (TPSA) is 95.1 Å². The summed E-state index contributed by atoms with van der Waals surface area (Å²) in [5.74, 6) is 0.358. The van der Waals surface area contributed by atoms with Crippen molar-refractivity contribution in [2.45, 2.75) is 13.5 Å². The molecule has 0 saturated carbocycles. The summed E-state index contributed by atoms with van der Waals surface area (Å²) in [5.41, 5.74) is 3.05. The molecule has 0 bridgehead atoms. The first-order valence-corrected chi connectivity index (χ1v) is 10.3. The van der Waals surface area contributed by atoms with E-state index < -0.39 is 5.91 Å². The van der Waals surface area contributed by atoms with Crippen molar-refractivity contribution >= 4 is 29.3 Å². The number of halogens is 1. The Labute approximate surface area is 197 Å². The van der Waals surface area contributed by atoms with E-state index in [1.54, 1.807) is 55.5 Å². The van der Waals surface area contributed by atoms with Crippen molar-refractivity contribution in [1.29, 1.82) is 10.5 Å². The zero-order valence-corrected chi connectivity index (χ0v) is 18.8. The Bertz CT molecular complexity index is 1300. The first kappa shape index (κ1) is 23.4. The fraction of sp³-hybridized carbons (Fsp3) is 0.115. The second-order valence-corrected chi connectivity index (χ2v) is 7.41. The van der Waals surface area contributed by atoms with Crippen LogP contribution in [0.2, 0.25) is 5.02 Å². The first-order chi connectivity index (χ1) is 16.0. The van der Waals surface area contributed by atoms with E-state index in [1.807, 2.05) is 18.2 Å². The van der Waals surface area contributed by atoms with Gasteiger partial charge in [0.25, 0.3) is 5.91 Å². The zero-order chi connectivity index (χ0) is 23.8. The van der Waals surface area contributed by atoms with Crippen LogP contribution >= 0.6 is 11.6 Å². The van der Waals surface area contributed by atoms with Crippen LogP contribution < -0.4 is 14.8 Å². The average Bonchev–Trinajstić information content (AvgIpc) is 2.84. The van der Waals surface area contributed by atoms with Gasteiger partial charge in [-0.3, -0.25) is 4.79 Å². The molecular formula is C26H20ClN3O3. The van der Waals surface area contributed by atoms with Gasteiger partial charge in [0.15, 0.2) is 11.5 Å². The second-order valence-electron chi connectivity index (χ2n) is 7.00. The van der Waals surface area contributed by atoms with E-state index in [0.29, 0.717) is 38.9 Å². The van der Waals surface area contributed by atoms with Crippen molar-refractivity contribution in [3.8, 4) is 23.6 Å². The molecule has 0 atom stereocenters. The summed E-state index contributed by atoms with van der Waals surface area (Å²) in [6.45, 7) is 1.98. The Morgan fingerprint density at radius 3 is 2.61 bits per heavy atom. The van der Waals surface area contributed by atoms with Crippen molar-refractivity contribution in [1.82, 2.24) is 0 Å². The van der Waals surface area contributed by atoms with Crippen LogP contribution in [0.15, 0.2) is 66.2 Å². The predicted octanol–water partition coefficient (Wildman–Crippen LogP) is 5.65. The monoisotopic (exact) mass is 457 g/mol. The second kappa shape index (κ2) is 10.9. The van der Waals surface area contributed by atoms with Crippen LogP contribution in [0.25, 0.3) is 6.08 Å². The predicted molar refractivity (Wildman–Crippen MR) is 127 cm³/mol. The van der Waals surface area contributed by atoms with Gasteiger partial charge in [0.05, 0.1) is 18.7 Å². The molecule has 0 aliphatic carbocycles. The van der Waals surface area contributed by atoms with Gasteiger partial charge in [-0.1, -0.05) is 41.9 Å². The molecule has 0 fully saturated rings. The number of methoxy groups -OCH3 is 1. The maximum atomic E-state index is 12.6. The van der Waals surface area contributed by atoms with Crippen LogP contribution in [-0.4, -0.2) is 13.0 Å². The highest BCUT2D eigenvalue weighted by Gasteiger charge is 2.13. The number of hydrogen-bond donors (Lipinski definition) is 1. The van der Waals surface area contributed by atoms with Crippen molar-refractivity contribution in [2.75, 3.05) is 12.4 Å². The molecule has 3 aromatic carbocycles. The Hall–Kier alpha value is -4.26. The van der Waals surface area contributed by atoms with Crippen molar-refractivity contribution in [3.05, 3.63) is 93.5 Å². The molecule has 7 heteroatoms. The lowest BCUT2D eigenvalue weighted by molar-refractivity contribution is -0.112. The van der Waals surface area contributed by atoms with Gasteiger partial charge in [-0.25, -0.2) is 0 Å². The van der Waals surface area contributed by atoms with Gasteiger partial charge in [-0.2, -0.15) is 10.5 Å². The van der Waals surface area contributed by atoms with E-state index in [1.165, 1.54) is 13.2 Å². The van der Waals surface area contributed by atoms with Gasteiger partial charge in [0, 0.05) is 16.3 Å². The summed E-state index contributed by atoms with van der Waals surface area (Å²) in [7, 11) is 1.50. The van der Waals surface area contributed by atoms with Crippen LogP contribution in [-0.2, 0) is 11.4 Å². The minimum Gasteiger partial charge on any atom is -0.493 e. The third kappa shape index (κ3) is 5.71. The van der Waals surface area contributed by atoms with Crippen molar-refractivity contribution < 1.29 is 14.3 Å². The van der Waals surface area contributed by atoms with Crippen molar-refractivity contribution in [2.24, 2.45) is 0 Å². The molecule has 0 unspecified atom stereocenters. The number of anilines is 1. The molecule has 1 amide bonds. The van der Waals surface area contributed by atoms with E-state index in [2.05, 4.69) is 11.4 Å². The number of hydrogen-bond acceptors (Lipinski definition) is 5. The summed E-state index contributed by atoms with van der Waals surface area (Å²) in [4.78, 5) is 12.6. The summed E-state index contributed by atoms with van der Waals surface area (Å²) in [5, 5.41) is 22.0. The number of nitriles is 2. The molecule has 164 valence electrons. The largest absolute Gasteiger partial charge is 0.493 e. The molecule has 0 heterocycles. The molecule has 0 radical (unpaired) electrons. The summed E-state index contributed by atoms with van der Waals surface area (Å²) in [6, 6.07) is 21.5. The van der Waals surface area contributed by atoms with Gasteiger partial charge < -0.3 is 14.8 Å². The molecule has 0 aliphatic rings. The minimum atomic E-state index is -0.546. The fourth-order valence-corrected chi connectivity index (χ4v) is 3.23. The molecule has 3 rings (SSSR count). The zero-order valence-electron chi connectivity index (χ0n) is 18.1. The molecule has 1 N–H and O–H groups in total. The molecule has 0 spiro atoms. The van der Waals surface area contributed by atoms with Gasteiger partial charge >= 0.3 is 0 Å². The molecule has 0 aromatic heterocycles. The smallest absolute Gasteiger partial charge is 0.266 e. The normalized spacial score (nSPS) is 10.6. The number of carbonyl (C=O) groups excluding carboxylic acids is 1. The van der Waals surface area contributed by atoms with E-state index in [0.717, 1.165) is 5.56 Å². The van der Waals surface area contributed by atoms with Gasteiger partial charge in [-0.05, 0) is 54.5 Å². The maximum Gasteiger partial charge on any atom is 0.266 e. The van der Waals surface area contributed by atoms with E-state index in [-0.39, 0.29) is 12.2 Å². The number of ether oxygens (including phenoxy) is 2. The quantitative estimate of drug-likeness (QED) is 0.365. The fourth-order valence-electron chi connectivity index (χ4n) is 3.05. The third-order valence-corrected chi connectivity index (χ3v) is 5.31. The molecule has 3 aromatic rings. The van der Waals surface area contributed by atoms with Crippen LogP contribution in [0.3, 0.4) is 0 Å². The number of carbonyl (C=O) groups is 1. The third-order valence-electron chi connectivity index (χ3n) is 4.90. The number of nitrogens with zero attached hydrogens (tertiary/aromatic N) is 2. The Kier molecular flexibility index (Phi) is 7.70. The molecule has 6 nitrogen and oxygen atoms in total. The molecule has 0 saturated heterocycles. The lowest BCUT2D eigenvalue weighted by atomic mass is 10.1. The average molecular weight is 458 g/mol. The van der Waals surface area contributed by atoms with E-state index in [9.17, 15) is 15.3 Å². The molecule has 33 heavy (non-hydrogen) atoms. The van der Waals surface area contributed by atoms with Gasteiger partial charge in [0.1, 0.15) is 18.2 Å². The van der Waals surface area contributed by atoms with Crippen LogP contribution in [0, 0.1) is 29.6 Å². The Morgan fingerprint density at radius 1 is 1.09 bits per heavy atom. The number of benzene rings is 3. The molecular weight excluding hydrogens is 438 g/mol. The van der Waals surface area contributed by atoms with Crippen LogP contribution in [0.1, 0.15) is 22.3 Å². The highest BCUT2D eigenvalue weighted by molar-refractivity contribution is 6.31. The van der Waals surface area contributed by atoms with Crippen LogP contribution in [0.4, 0.5) is 5.69 Å². The van der Waals surface area contributed by atoms with E-state index >= 15 is 0 Å². The van der Waals surface area contributed by atoms with Crippen molar-refractivity contribution in [3.63, 3.8) is 0 Å². The van der Waals surface area contributed by atoms with Gasteiger partial charge in [-0.15, -0.1) is 0 Å². The highest BCUT2D eigenvalue weighted by atomic mass is 35.5. The number of nitrogens with one attached hydrogen (secondary N) is 1. The van der Waals surface area contributed by atoms with E-state index in [4.69, 9.17) is 21.1 Å². The number of amides is 1. The summed E-state index contributed by atoms with van der Waals surface area (Å²) >= 11 is 6.10. The SMILES string of the molecule is COc1cc(/C=C(\C#N)C(=O)Nc2cccc(Cl)c2C)ccc1OCc1ccccc1C#N. The molecule has 0 aliphatic heterocycles. The first-order valence-electron chi connectivity index (χ1n) is 9.94. The lowest BCUT2D eigenvalue weighted by Gasteiger charge is -2.12. The van der Waals surface area contributed by atoms with Gasteiger partial charge in [0.2, 0.25) is 0 Å². The highest BCUT2D eigenvalue weighted by Crippen LogP contribution is 2.30. The standard InChI is InChI=1S/C26H20ClN3O3/c1-17-22(27)8-5-9-23(17)30-26(31)21(15-29)12-18-10-11-24(25(13-18)32-2)33-16-20-7-4-3-6-19(20)14-28/h3-13H,16H2,1-2H3,(H,30,31)/b21-12+.